The molecule has 1 unspecified atom stereocenters. The van der Waals surface area contributed by atoms with Gasteiger partial charge in [0.2, 0.25) is 5.91 Å². The van der Waals surface area contributed by atoms with E-state index in [0.29, 0.717) is 18.4 Å². The highest BCUT2D eigenvalue weighted by atomic mass is 16.5. The van der Waals surface area contributed by atoms with Gasteiger partial charge >= 0.3 is 5.97 Å². The van der Waals surface area contributed by atoms with Crippen molar-refractivity contribution in [2.75, 3.05) is 7.11 Å². The average Bonchev–Trinajstić information content (AvgIpc) is 2.62. The Kier molecular flexibility index (Phi) is 6.56. The van der Waals surface area contributed by atoms with Gasteiger partial charge in [-0.3, -0.25) is 9.59 Å². The van der Waals surface area contributed by atoms with Crippen LogP contribution < -0.4 is 10.6 Å². The Morgan fingerprint density at radius 1 is 1.12 bits per heavy atom. The first-order valence-corrected chi connectivity index (χ1v) is 8.72. The highest BCUT2D eigenvalue weighted by molar-refractivity contribution is 5.94. The number of hydrogen-bond donors (Lipinski definition) is 2. The molecule has 1 aromatic rings. The van der Waals surface area contributed by atoms with E-state index in [1.165, 1.54) is 7.11 Å². The highest BCUT2D eigenvalue weighted by Gasteiger charge is 2.42. The van der Waals surface area contributed by atoms with Crippen LogP contribution in [0.2, 0.25) is 0 Å². The number of esters is 1. The summed E-state index contributed by atoms with van der Waals surface area (Å²) in [6.07, 6.45) is 4.12. The molecule has 1 aromatic carbocycles. The van der Waals surface area contributed by atoms with E-state index in [1.807, 2.05) is 6.07 Å². The van der Waals surface area contributed by atoms with Crippen molar-refractivity contribution < 1.29 is 19.1 Å². The summed E-state index contributed by atoms with van der Waals surface area (Å²) in [7, 11) is 1.34. The first kappa shape index (κ1) is 19.0. The molecule has 0 bridgehead atoms. The van der Waals surface area contributed by atoms with E-state index >= 15 is 0 Å². The second-order valence-electron chi connectivity index (χ2n) is 6.63. The fourth-order valence-electron chi connectivity index (χ4n) is 3.27. The van der Waals surface area contributed by atoms with Gasteiger partial charge in [-0.1, -0.05) is 37.5 Å². The maximum Gasteiger partial charge on any atom is 0.331 e. The number of ether oxygens (including phenoxy) is 1. The molecule has 0 radical (unpaired) electrons. The first-order valence-electron chi connectivity index (χ1n) is 8.72. The lowest BCUT2D eigenvalue weighted by Gasteiger charge is -2.35. The number of nitrogens with one attached hydrogen (secondary N) is 2. The van der Waals surface area contributed by atoms with Gasteiger partial charge in [0.25, 0.3) is 5.91 Å². The lowest BCUT2D eigenvalue weighted by atomic mass is 9.81. The van der Waals surface area contributed by atoms with Gasteiger partial charge in [0.05, 0.1) is 7.11 Å². The number of methoxy groups -OCH3 is 1. The molecule has 0 aliphatic heterocycles. The third kappa shape index (κ3) is 5.05. The maximum atomic E-state index is 12.4. The van der Waals surface area contributed by atoms with Crippen LogP contribution in [-0.4, -0.2) is 36.5 Å². The Morgan fingerprint density at radius 2 is 1.76 bits per heavy atom. The van der Waals surface area contributed by atoms with Crippen LogP contribution in [0.15, 0.2) is 30.3 Å². The van der Waals surface area contributed by atoms with Gasteiger partial charge in [-0.05, 0) is 31.9 Å². The van der Waals surface area contributed by atoms with E-state index in [-0.39, 0.29) is 30.2 Å². The molecular formula is C19H26N2O4. The molecule has 0 heterocycles. The number of rotatable bonds is 6. The Hall–Kier alpha value is -2.37. The van der Waals surface area contributed by atoms with E-state index in [4.69, 9.17) is 4.74 Å². The van der Waals surface area contributed by atoms with Crippen LogP contribution in [0.3, 0.4) is 0 Å². The van der Waals surface area contributed by atoms with E-state index < -0.39 is 5.54 Å². The third-order valence-electron chi connectivity index (χ3n) is 4.57. The largest absolute Gasteiger partial charge is 0.467 e. The van der Waals surface area contributed by atoms with Crippen LogP contribution in [0.25, 0.3) is 0 Å². The summed E-state index contributed by atoms with van der Waals surface area (Å²) in [5.41, 5.74) is -0.374. The van der Waals surface area contributed by atoms with Crippen molar-refractivity contribution in [2.24, 2.45) is 0 Å². The van der Waals surface area contributed by atoms with Gasteiger partial charge in [0.15, 0.2) is 0 Å². The van der Waals surface area contributed by atoms with Crippen molar-refractivity contribution in [1.29, 1.82) is 0 Å². The minimum Gasteiger partial charge on any atom is -0.467 e. The summed E-state index contributed by atoms with van der Waals surface area (Å²) in [4.78, 5) is 36.7. The molecule has 2 N–H and O–H groups in total. The summed E-state index contributed by atoms with van der Waals surface area (Å²) in [6.45, 7) is 1.77. The van der Waals surface area contributed by atoms with E-state index in [0.717, 1.165) is 19.3 Å². The smallest absolute Gasteiger partial charge is 0.331 e. The molecule has 1 atom stereocenters. The lowest BCUT2D eigenvalue weighted by molar-refractivity contribution is -0.152. The van der Waals surface area contributed by atoms with Crippen molar-refractivity contribution in [3.8, 4) is 0 Å². The average molecular weight is 346 g/mol. The quantitative estimate of drug-likeness (QED) is 0.773. The summed E-state index contributed by atoms with van der Waals surface area (Å²) in [5.74, 6) is -0.865. The molecule has 2 rings (SSSR count). The zero-order valence-corrected chi connectivity index (χ0v) is 14.8. The number of amides is 2. The molecule has 1 fully saturated rings. The van der Waals surface area contributed by atoms with Crippen LogP contribution >= 0.6 is 0 Å². The van der Waals surface area contributed by atoms with E-state index in [9.17, 15) is 14.4 Å². The van der Waals surface area contributed by atoms with Crippen molar-refractivity contribution in [2.45, 2.75) is 57.0 Å². The molecule has 25 heavy (non-hydrogen) atoms. The number of carbonyl (C=O) groups excluding carboxylic acids is 3. The molecule has 6 nitrogen and oxygen atoms in total. The monoisotopic (exact) mass is 346 g/mol. The highest BCUT2D eigenvalue weighted by Crippen LogP contribution is 2.29. The summed E-state index contributed by atoms with van der Waals surface area (Å²) in [5, 5.41) is 5.67. The number of carbonyl (C=O) groups is 3. The molecule has 1 saturated carbocycles. The van der Waals surface area contributed by atoms with Gasteiger partial charge in [-0.25, -0.2) is 4.79 Å². The zero-order chi connectivity index (χ0) is 18.3. The summed E-state index contributed by atoms with van der Waals surface area (Å²) in [6, 6.07) is 8.51. The minimum absolute atomic E-state index is 0.108. The van der Waals surface area contributed by atoms with Crippen molar-refractivity contribution in [3.63, 3.8) is 0 Å². The lowest BCUT2D eigenvalue weighted by Crippen LogP contribution is -2.56. The van der Waals surface area contributed by atoms with Crippen LogP contribution in [0.1, 0.15) is 55.8 Å². The molecule has 0 spiro atoms. The van der Waals surface area contributed by atoms with Gasteiger partial charge in [-0.15, -0.1) is 0 Å². The second-order valence-corrected chi connectivity index (χ2v) is 6.63. The predicted molar refractivity (Wildman–Crippen MR) is 94.0 cm³/mol. The predicted octanol–water partition coefficient (Wildman–Crippen LogP) is 2.19. The molecule has 0 saturated heterocycles. The Bertz CT molecular complexity index is 609. The van der Waals surface area contributed by atoms with E-state index in [1.54, 1.807) is 31.2 Å². The second kappa shape index (κ2) is 8.65. The topological polar surface area (TPSA) is 84.5 Å². The normalized spacial score (nSPS) is 17.2. The molecule has 2 amide bonds. The van der Waals surface area contributed by atoms with Crippen molar-refractivity contribution in [3.05, 3.63) is 35.9 Å². The molecular weight excluding hydrogens is 320 g/mol. The zero-order valence-electron chi connectivity index (χ0n) is 14.8. The molecule has 1 aliphatic rings. The Balaban J connectivity index is 1.91. The standard InChI is InChI=1S/C19H26N2O4/c1-14(20-17(23)15-9-5-3-6-10-15)13-16(22)21-19(18(24)25-2)11-7-4-8-12-19/h3,5-6,9-10,14H,4,7-8,11-13H2,1-2H3,(H,20,23)(H,21,22). The molecule has 136 valence electrons. The fourth-order valence-corrected chi connectivity index (χ4v) is 3.27. The van der Waals surface area contributed by atoms with Gasteiger partial charge in [0.1, 0.15) is 5.54 Å². The van der Waals surface area contributed by atoms with Crippen LogP contribution in [0.5, 0.6) is 0 Å². The maximum absolute atomic E-state index is 12.4. The van der Waals surface area contributed by atoms with E-state index in [2.05, 4.69) is 10.6 Å². The van der Waals surface area contributed by atoms with Crippen LogP contribution in [0.4, 0.5) is 0 Å². The summed E-state index contributed by atoms with van der Waals surface area (Å²) < 4.78 is 4.90. The third-order valence-corrected chi connectivity index (χ3v) is 4.57. The van der Waals surface area contributed by atoms with Gasteiger partial charge in [-0.2, -0.15) is 0 Å². The van der Waals surface area contributed by atoms with Crippen LogP contribution in [0, 0.1) is 0 Å². The molecule has 1 aliphatic carbocycles. The van der Waals surface area contributed by atoms with Gasteiger partial charge < -0.3 is 15.4 Å². The number of benzene rings is 1. The molecule has 0 aromatic heterocycles. The fraction of sp³-hybridized carbons (Fsp3) is 0.526. The Morgan fingerprint density at radius 3 is 2.36 bits per heavy atom. The number of hydrogen-bond acceptors (Lipinski definition) is 4. The van der Waals surface area contributed by atoms with Crippen molar-refractivity contribution >= 4 is 17.8 Å². The SMILES string of the molecule is COC(=O)C1(NC(=O)CC(C)NC(=O)c2ccccc2)CCCCC1. The molecule has 6 heteroatoms. The van der Waals surface area contributed by atoms with Crippen LogP contribution in [-0.2, 0) is 14.3 Å². The summed E-state index contributed by atoms with van der Waals surface area (Å²) >= 11 is 0. The minimum atomic E-state index is -0.923. The van der Waals surface area contributed by atoms with Crippen molar-refractivity contribution in [1.82, 2.24) is 10.6 Å². The Labute approximate surface area is 148 Å². The first-order chi connectivity index (χ1) is 12.0. The van der Waals surface area contributed by atoms with Gasteiger partial charge in [0, 0.05) is 18.0 Å².